The van der Waals surface area contributed by atoms with Crippen molar-refractivity contribution in [2.24, 2.45) is 7.05 Å². The number of imidazole rings is 1. The third kappa shape index (κ3) is 3.44. The summed E-state index contributed by atoms with van der Waals surface area (Å²) in [6, 6.07) is 10.1. The van der Waals surface area contributed by atoms with Gasteiger partial charge in [-0.3, -0.25) is 4.68 Å². The Morgan fingerprint density at radius 1 is 1.10 bits per heavy atom. The van der Waals surface area contributed by atoms with E-state index in [2.05, 4.69) is 26.1 Å². The number of fused-ring (bicyclic) bond motifs is 1. The van der Waals surface area contributed by atoms with Gasteiger partial charge in [0.05, 0.1) is 36.4 Å². The van der Waals surface area contributed by atoms with Gasteiger partial charge < -0.3 is 8.98 Å². The highest BCUT2D eigenvalue weighted by Gasteiger charge is 2.20. The molecule has 0 N–H and O–H groups in total. The van der Waals surface area contributed by atoms with Gasteiger partial charge in [0, 0.05) is 30.6 Å². The van der Waals surface area contributed by atoms with E-state index in [0.29, 0.717) is 46.9 Å². The van der Waals surface area contributed by atoms with Crippen molar-refractivity contribution in [3.05, 3.63) is 61.2 Å². The molecular weight excluding hydrogens is 397 g/mol. The van der Waals surface area contributed by atoms with Crippen LogP contribution < -0.4 is 0 Å². The molecule has 31 heavy (non-hydrogen) atoms. The van der Waals surface area contributed by atoms with Crippen molar-refractivity contribution in [2.45, 2.75) is 13.0 Å². The maximum absolute atomic E-state index is 13.5. The second-order valence-corrected chi connectivity index (χ2v) is 7.05. The van der Waals surface area contributed by atoms with Gasteiger partial charge in [-0.25, -0.2) is 19.3 Å². The van der Waals surface area contributed by atoms with Crippen LogP contribution in [-0.4, -0.2) is 29.3 Å². The van der Waals surface area contributed by atoms with E-state index in [4.69, 9.17) is 9.68 Å². The molecule has 5 rings (SSSR count). The number of nitrogens with zero attached hydrogens (tertiary/aromatic N) is 7. The minimum Gasteiger partial charge on any atom is -0.436 e. The monoisotopic (exact) mass is 413 g/mol. The maximum atomic E-state index is 13.5. The Bertz CT molecular complexity index is 1420. The van der Waals surface area contributed by atoms with Gasteiger partial charge >= 0.3 is 0 Å². The Morgan fingerprint density at radius 3 is 2.68 bits per heavy atom. The predicted octanol–water partition coefficient (Wildman–Crippen LogP) is 4.21. The third-order valence-electron chi connectivity index (χ3n) is 4.87. The van der Waals surface area contributed by atoms with Crippen LogP contribution in [0.25, 0.3) is 45.1 Å². The number of benzene rings is 1. The molecule has 0 saturated carbocycles. The van der Waals surface area contributed by atoms with Crippen molar-refractivity contribution in [1.29, 1.82) is 5.26 Å². The Hall–Kier alpha value is -4.32. The van der Waals surface area contributed by atoms with Gasteiger partial charge in [0.25, 0.3) is 0 Å². The molecule has 0 radical (unpaired) electrons. The molecule has 0 bridgehead atoms. The number of hydrogen-bond acceptors (Lipinski definition) is 6. The predicted molar refractivity (Wildman–Crippen MR) is 111 cm³/mol. The molecule has 0 fully saturated rings. The number of rotatable bonds is 5. The highest BCUT2D eigenvalue weighted by atomic mass is 19.1. The summed E-state index contributed by atoms with van der Waals surface area (Å²) >= 11 is 0. The first-order valence-electron chi connectivity index (χ1n) is 9.56. The van der Waals surface area contributed by atoms with Crippen LogP contribution in [0.15, 0.2) is 59.8 Å². The average Bonchev–Trinajstić information content (AvgIpc) is 3.50. The molecule has 8 nitrogen and oxygen atoms in total. The van der Waals surface area contributed by atoms with Gasteiger partial charge in [-0.1, -0.05) is 0 Å². The summed E-state index contributed by atoms with van der Waals surface area (Å²) in [5.74, 6) is 0.256. The summed E-state index contributed by atoms with van der Waals surface area (Å²) < 4.78 is 22.9. The number of furan rings is 1. The van der Waals surface area contributed by atoms with Crippen LogP contribution in [0.2, 0.25) is 0 Å². The number of hydrogen-bond donors (Lipinski definition) is 0. The lowest BCUT2D eigenvalue weighted by atomic mass is 10.0. The lowest BCUT2D eigenvalue weighted by Gasteiger charge is -2.03. The fourth-order valence-electron chi connectivity index (χ4n) is 3.43. The standard InChI is InChI=1S/C22H16FN7O/c1-29-11-18(27-13-29)19-9-16-21(25-12-26-22(16)31-19)17-10-30(8-2-7-24)28-20(17)14-3-5-15(23)6-4-14/h3-6,9-13H,2,8H2,1H3. The van der Waals surface area contributed by atoms with Gasteiger partial charge in [0.1, 0.15) is 23.5 Å². The molecule has 0 aliphatic heterocycles. The largest absolute Gasteiger partial charge is 0.436 e. The number of halogens is 1. The highest BCUT2D eigenvalue weighted by molar-refractivity contribution is 5.95. The van der Waals surface area contributed by atoms with Crippen LogP contribution in [0.5, 0.6) is 0 Å². The van der Waals surface area contributed by atoms with Gasteiger partial charge in [0.2, 0.25) is 5.71 Å². The molecule has 4 heterocycles. The fraction of sp³-hybridized carbons (Fsp3) is 0.136. The second kappa shape index (κ2) is 7.50. The molecule has 0 spiro atoms. The summed E-state index contributed by atoms with van der Waals surface area (Å²) in [5, 5.41) is 14.3. The molecule has 152 valence electrons. The van der Waals surface area contributed by atoms with Crippen LogP contribution in [0.3, 0.4) is 0 Å². The average molecular weight is 413 g/mol. The molecule has 4 aromatic heterocycles. The molecule has 0 saturated heterocycles. The van der Waals surface area contributed by atoms with Crippen molar-refractivity contribution in [3.63, 3.8) is 0 Å². The zero-order chi connectivity index (χ0) is 21.4. The first-order valence-corrected chi connectivity index (χ1v) is 9.56. The highest BCUT2D eigenvalue weighted by Crippen LogP contribution is 2.36. The van der Waals surface area contributed by atoms with E-state index < -0.39 is 0 Å². The van der Waals surface area contributed by atoms with Crippen molar-refractivity contribution >= 4 is 11.1 Å². The van der Waals surface area contributed by atoms with Crippen LogP contribution in [0.4, 0.5) is 4.39 Å². The van der Waals surface area contributed by atoms with Crippen molar-refractivity contribution in [2.75, 3.05) is 0 Å². The minimum absolute atomic E-state index is 0.318. The molecule has 0 amide bonds. The SMILES string of the molecule is Cn1cnc(-c2cc3c(-c4cn(CCC#N)nc4-c4ccc(F)cc4)ncnc3o2)c1. The summed E-state index contributed by atoms with van der Waals surface area (Å²) in [7, 11) is 1.88. The minimum atomic E-state index is -0.325. The molecular formula is C22H16FN7O. The van der Waals surface area contributed by atoms with Gasteiger partial charge in [0.15, 0.2) is 5.76 Å². The Morgan fingerprint density at radius 2 is 1.94 bits per heavy atom. The second-order valence-electron chi connectivity index (χ2n) is 7.05. The summed E-state index contributed by atoms with van der Waals surface area (Å²) in [4.78, 5) is 13.1. The van der Waals surface area contributed by atoms with E-state index in [9.17, 15) is 4.39 Å². The normalized spacial score (nSPS) is 11.1. The van der Waals surface area contributed by atoms with Crippen LogP contribution in [-0.2, 0) is 13.6 Å². The topological polar surface area (TPSA) is 98.3 Å². The third-order valence-corrected chi connectivity index (χ3v) is 4.87. The lowest BCUT2D eigenvalue weighted by molar-refractivity contribution is 0.615. The van der Waals surface area contributed by atoms with Crippen LogP contribution in [0.1, 0.15) is 6.42 Å². The van der Waals surface area contributed by atoms with E-state index in [1.165, 1.54) is 18.5 Å². The van der Waals surface area contributed by atoms with Crippen molar-refractivity contribution in [1.82, 2.24) is 29.3 Å². The van der Waals surface area contributed by atoms with Gasteiger partial charge in [-0.15, -0.1) is 0 Å². The Kier molecular flexibility index (Phi) is 4.52. The molecule has 1 aromatic carbocycles. The van der Waals surface area contributed by atoms with E-state index in [-0.39, 0.29) is 5.82 Å². The zero-order valence-electron chi connectivity index (χ0n) is 16.5. The Balaban J connectivity index is 1.68. The quantitative estimate of drug-likeness (QED) is 0.428. The Labute approximate surface area is 176 Å². The fourth-order valence-corrected chi connectivity index (χ4v) is 3.43. The zero-order valence-corrected chi connectivity index (χ0v) is 16.5. The molecule has 0 atom stereocenters. The smallest absolute Gasteiger partial charge is 0.230 e. The van der Waals surface area contributed by atoms with Crippen molar-refractivity contribution in [3.8, 4) is 40.0 Å². The number of aromatic nitrogens is 6. The van der Waals surface area contributed by atoms with Gasteiger partial charge in [-0.05, 0) is 30.3 Å². The number of nitriles is 1. The molecule has 5 aromatic rings. The summed E-state index contributed by atoms with van der Waals surface area (Å²) in [5.41, 5.74) is 3.88. The van der Waals surface area contributed by atoms with E-state index in [1.807, 2.05) is 30.1 Å². The van der Waals surface area contributed by atoms with Gasteiger partial charge in [-0.2, -0.15) is 10.4 Å². The molecule has 0 aliphatic carbocycles. The molecule has 0 unspecified atom stereocenters. The van der Waals surface area contributed by atoms with Crippen LogP contribution >= 0.6 is 0 Å². The van der Waals surface area contributed by atoms with E-state index in [0.717, 1.165) is 11.1 Å². The lowest BCUT2D eigenvalue weighted by Crippen LogP contribution is -1.97. The van der Waals surface area contributed by atoms with Crippen molar-refractivity contribution < 1.29 is 8.81 Å². The maximum Gasteiger partial charge on any atom is 0.230 e. The summed E-state index contributed by atoms with van der Waals surface area (Å²) in [6.07, 6.45) is 7.14. The number of aryl methyl sites for hydroxylation is 2. The first kappa shape index (κ1) is 18.7. The molecule has 9 heteroatoms. The van der Waals surface area contributed by atoms with E-state index in [1.54, 1.807) is 23.1 Å². The van der Waals surface area contributed by atoms with Crippen LogP contribution in [0, 0.1) is 17.1 Å². The summed E-state index contributed by atoms with van der Waals surface area (Å²) in [6.45, 7) is 0.434. The van der Waals surface area contributed by atoms with E-state index >= 15 is 0 Å². The first-order chi connectivity index (χ1) is 15.1. The molecule has 0 aliphatic rings.